The molecule has 0 aliphatic carbocycles. The standard InChI is InChI=1S/C9H10O.CH4N2O/c1-2-5-8-6-3-4-7-9(8)10;2-1(3)4/h2-4,6-7,10H,1,5H2;(H4,2,3,4). The highest BCUT2D eigenvalue weighted by Crippen LogP contribution is 2.15. The average Bonchev–Trinajstić information content (AvgIpc) is 2.08. The summed E-state index contributed by atoms with van der Waals surface area (Å²) in [4.78, 5) is 9.00. The van der Waals surface area contributed by atoms with Gasteiger partial charge in [-0.15, -0.1) is 6.58 Å². The number of primary amides is 2. The van der Waals surface area contributed by atoms with Gasteiger partial charge in [0.05, 0.1) is 0 Å². The van der Waals surface area contributed by atoms with Gasteiger partial charge < -0.3 is 16.6 Å². The Labute approximate surface area is 82.8 Å². The third-order valence-corrected chi connectivity index (χ3v) is 1.36. The minimum absolute atomic E-state index is 0.349. The molecule has 0 fully saturated rings. The van der Waals surface area contributed by atoms with Crippen LogP contribution in [0.2, 0.25) is 0 Å². The molecular formula is C10H14N2O2. The van der Waals surface area contributed by atoms with E-state index in [1.54, 1.807) is 12.1 Å². The predicted molar refractivity (Wildman–Crippen MR) is 55.8 cm³/mol. The molecule has 1 rings (SSSR count). The Hall–Kier alpha value is -1.97. The van der Waals surface area contributed by atoms with Gasteiger partial charge in [-0.1, -0.05) is 24.3 Å². The van der Waals surface area contributed by atoms with Gasteiger partial charge in [-0.2, -0.15) is 0 Å². The lowest BCUT2D eigenvalue weighted by Crippen LogP contribution is -2.18. The van der Waals surface area contributed by atoms with E-state index < -0.39 is 6.03 Å². The van der Waals surface area contributed by atoms with E-state index >= 15 is 0 Å². The second-order valence-corrected chi connectivity index (χ2v) is 2.52. The number of carbonyl (C=O) groups is 1. The van der Waals surface area contributed by atoms with Crippen LogP contribution in [0, 0.1) is 0 Å². The zero-order chi connectivity index (χ0) is 11.0. The molecule has 0 heterocycles. The van der Waals surface area contributed by atoms with E-state index in [4.69, 9.17) is 4.79 Å². The number of phenolic OH excluding ortho intramolecular Hbond substituents is 1. The summed E-state index contributed by atoms with van der Waals surface area (Å²) in [7, 11) is 0. The molecule has 0 aromatic heterocycles. The Kier molecular flexibility index (Phi) is 5.62. The Morgan fingerprint density at radius 3 is 2.36 bits per heavy atom. The van der Waals surface area contributed by atoms with Crippen molar-refractivity contribution in [3.8, 4) is 5.75 Å². The molecule has 2 amide bonds. The van der Waals surface area contributed by atoms with Crippen molar-refractivity contribution in [3.05, 3.63) is 42.5 Å². The van der Waals surface area contributed by atoms with Crippen molar-refractivity contribution >= 4 is 6.03 Å². The Morgan fingerprint density at radius 2 is 1.93 bits per heavy atom. The second kappa shape index (κ2) is 6.54. The number of urea groups is 1. The number of aromatic hydroxyl groups is 1. The molecule has 0 spiro atoms. The van der Waals surface area contributed by atoms with Crippen molar-refractivity contribution in [3.63, 3.8) is 0 Å². The lowest BCUT2D eigenvalue weighted by molar-refractivity contribution is 0.256. The van der Waals surface area contributed by atoms with Crippen LogP contribution in [0.15, 0.2) is 36.9 Å². The molecule has 0 saturated heterocycles. The summed E-state index contributed by atoms with van der Waals surface area (Å²) in [5, 5.41) is 9.19. The van der Waals surface area contributed by atoms with Gasteiger partial charge in [0.15, 0.2) is 0 Å². The molecule has 0 aliphatic rings. The van der Waals surface area contributed by atoms with Gasteiger partial charge in [-0.25, -0.2) is 4.79 Å². The van der Waals surface area contributed by atoms with Crippen LogP contribution in [0.5, 0.6) is 5.75 Å². The molecule has 1 aromatic rings. The van der Waals surface area contributed by atoms with Crippen molar-refractivity contribution in [2.45, 2.75) is 6.42 Å². The molecule has 5 N–H and O–H groups in total. The fourth-order valence-electron chi connectivity index (χ4n) is 0.839. The number of benzene rings is 1. The molecule has 1 aromatic carbocycles. The number of carbonyl (C=O) groups excluding carboxylic acids is 1. The highest BCUT2D eigenvalue weighted by atomic mass is 16.3. The molecule has 4 nitrogen and oxygen atoms in total. The van der Waals surface area contributed by atoms with Crippen molar-refractivity contribution < 1.29 is 9.90 Å². The number of allylic oxidation sites excluding steroid dienone is 1. The van der Waals surface area contributed by atoms with Crippen LogP contribution >= 0.6 is 0 Å². The maximum atomic E-state index is 9.19. The topological polar surface area (TPSA) is 89.3 Å². The summed E-state index contributed by atoms with van der Waals surface area (Å²) in [6.45, 7) is 3.59. The van der Waals surface area contributed by atoms with Crippen LogP contribution < -0.4 is 11.5 Å². The fraction of sp³-hybridized carbons (Fsp3) is 0.100. The molecule has 0 radical (unpaired) electrons. The zero-order valence-corrected chi connectivity index (χ0v) is 7.81. The van der Waals surface area contributed by atoms with Gasteiger partial charge >= 0.3 is 6.03 Å². The smallest absolute Gasteiger partial charge is 0.309 e. The highest BCUT2D eigenvalue weighted by molar-refractivity contribution is 5.69. The van der Waals surface area contributed by atoms with E-state index in [9.17, 15) is 5.11 Å². The first-order chi connectivity index (χ1) is 6.57. The van der Waals surface area contributed by atoms with E-state index in [0.29, 0.717) is 5.75 Å². The van der Waals surface area contributed by atoms with E-state index in [1.807, 2.05) is 18.2 Å². The van der Waals surface area contributed by atoms with Crippen LogP contribution in [0.3, 0.4) is 0 Å². The average molecular weight is 194 g/mol. The summed E-state index contributed by atoms with van der Waals surface area (Å²) >= 11 is 0. The van der Waals surface area contributed by atoms with Gasteiger partial charge in [-0.3, -0.25) is 0 Å². The van der Waals surface area contributed by atoms with Gasteiger partial charge in [0, 0.05) is 0 Å². The summed E-state index contributed by atoms with van der Waals surface area (Å²) in [6, 6.07) is 6.44. The van der Waals surface area contributed by atoms with Gasteiger partial charge in [0.2, 0.25) is 0 Å². The number of para-hydroxylation sites is 1. The summed E-state index contributed by atoms with van der Waals surface area (Å²) < 4.78 is 0. The number of nitrogens with two attached hydrogens (primary N) is 2. The Balaban J connectivity index is 0.000000364. The second-order valence-electron chi connectivity index (χ2n) is 2.52. The quantitative estimate of drug-likeness (QED) is 0.616. The summed E-state index contributed by atoms with van der Waals surface area (Å²) in [6.07, 6.45) is 2.50. The minimum atomic E-state index is -0.833. The number of phenols is 1. The lowest BCUT2D eigenvalue weighted by Gasteiger charge is -1.97. The van der Waals surface area contributed by atoms with E-state index in [-0.39, 0.29) is 0 Å². The lowest BCUT2D eigenvalue weighted by atomic mass is 10.1. The summed E-state index contributed by atoms with van der Waals surface area (Å²) in [5.74, 6) is 0.349. The maximum Gasteiger partial charge on any atom is 0.309 e. The van der Waals surface area contributed by atoms with E-state index in [1.165, 1.54) is 0 Å². The zero-order valence-electron chi connectivity index (χ0n) is 7.81. The Bertz CT molecular complexity index is 307. The minimum Gasteiger partial charge on any atom is -0.508 e. The molecule has 0 unspecified atom stereocenters. The van der Waals surface area contributed by atoms with E-state index in [2.05, 4.69) is 18.0 Å². The van der Waals surface area contributed by atoms with Crippen molar-refractivity contribution in [1.29, 1.82) is 0 Å². The van der Waals surface area contributed by atoms with Crippen LogP contribution in [0.25, 0.3) is 0 Å². The third-order valence-electron chi connectivity index (χ3n) is 1.36. The van der Waals surface area contributed by atoms with Crippen molar-refractivity contribution in [2.24, 2.45) is 11.5 Å². The first-order valence-electron chi connectivity index (χ1n) is 4.00. The Morgan fingerprint density at radius 1 is 1.43 bits per heavy atom. The third kappa shape index (κ3) is 5.65. The molecule has 0 atom stereocenters. The van der Waals surface area contributed by atoms with Crippen molar-refractivity contribution in [1.82, 2.24) is 0 Å². The van der Waals surface area contributed by atoms with Gasteiger partial charge in [-0.05, 0) is 18.1 Å². The molecule has 0 bridgehead atoms. The van der Waals surface area contributed by atoms with Crippen LogP contribution in [-0.2, 0) is 6.42 Å². The van der Waals surface area contributed by atoms with E-state index in [0.717, 1.165) is 12.0 Å². The van der Waals surface area contributed by atoms with Crippen LogP contribution in [0.1, 0.15) is 5.56 Å². The number of hydrogen-bond donors (Lipinski definition) is 3. The number of amides is 2. The molecule has 0 aliphatic heterocycles. The van der Waals surface area contributed by atoms with Gasteiger partial charge in [0.25, 0.3) is 0 Å². The largest absolute Gasteiger partial charge is 0.508 e. The SMILES string of the molecule is C=CCc1ccccc1O.NC(N)=O. The number of rotatable bonds is 2. The van der Waals surface area contributed by atoms with Crippen molar-refractivity contribution in [2.75, 3.05) is 0 Å². The first-order valence-corrected chi connectivity index (χ1v) is 4.00. The highest BCUT2D eigenvalue weighted by Gasteiger charge is 1.93. The monoisotopic (exact) mass is 194 g/mol. The normalized spacial score (nSPS) is 8.29. The molecular weight excluding hydrogens is 180 g/mol. The fourth-order valence-corrected chi connectivity index (χ4v) is 0.839. The predicted octanol–water partition coefficient (Wildman–Crippen LogP) is 1.14. The molecule has 76 valence electrons. The van der Waals surface area contributed by atoms with Crippen LogP contribution in [0.4, 0.5) is 4.79 Å². The molecule has 4 heteroatoms. The van der Waals surface area contributed by atoms with Crippen LogP contribution in [-0.4, -0.2) is 11.1 Å². The maximum absolute atomic E-state index is 9.19. The number of hydrogen-bond acceptors (Lipinski definition) is 2. The first kappa shape index (κ1) is 12.0. The molecule has 14 heavy (non-hydrogen) atoms. The molecule has 0 saturated carbocycles. The van der Waals surface area contributed by atoms with Gasteiger partial charge in [0.1, 0.15) is 5.75 Å². The summed E-state index contributed by atoms with van der Waals surface area (Å²) in [5.41, 5.74) is 9.43.